The number of ketones is 1. The number of carbonyl (C=O) groups excluding carboxylic acids is 1. The summed E-state index contributed by atoms with van der Waals surface area (Å²) in [6.07, 6.45) is 4.82. The van der Waals surface area contributed by atoms with Crippen molar-refractivity contribution < 1.29 is 4.79 Å². The van der Waals surface area contributed by atoms with Gasteiger partial charge in [0, 0.05) is 40.8 Å². The first kappa shape index (κ1) is 16.5. The van der Waals surface area contributed by atoms with E-state index in [4.69, 9.17) is 11.6 Å². The van der Waals surface area contributed by atoms with E-state index in [0.29, 0.717) is 17.3 Å². The molecule has 3 rings (SSSR count). The lowest BCUT2D eigenvalue weighted by Crippen LogP contribution is -2.03. The number of halogens is 1. The van der Waals surface area contributed by atoms with Crippen LogP contribution >= 0.6 is 11.6 Å². The summed E-state index contributed by atoms with van der Waals surface area (Å²) in [6.45, 7) is 5.91. The highest BCUT2D eigenvalue weighted by atomic mass is 35.5. The molecule has 0 fully saturated rings. The fraction of sp³-hybridized carbons (Fsp3) is 0.263. The minimum atomic E-state index is 0.0774. The molecule has 0 radical (unpaired) electrons. The number of aryl methyl sites for hydroxylation is 2. The van der Waals surface area contributed by atoms with Gasteiger partial charge in [0.2, 0.25) is 0 Å². The average Bonchev–Trinajstić information content (AvgIpc) is 2.55. The van der Waals surface area contributed by atoms with E-state index >= 15 is 0 Å². The van der Waals surface area contributed by atoms with Gasteiger partial charge in [0.25, 0.3) is 0 Å². The smallest absolute Gasteiger partial charge is 0.181 e. The maximum Gasteiger partial charge on any atom is 0.181 e. The van der Waals surface area contributed by atoms with Gasteiger partial charge in [0.05, 0.1) is 5.69 Å². The van der Waals surface area contributed by atoms with Crippen LogP contribution in [0.4, 0.5) is 0 Å². The number of hydrogen-bond acceptors (Lipinski definition) is 4. The third kappa shape index (κ3) is 3.15. The van der Waals surface area contributed by atoms with E-state index in [9.17, 15) is 4.79 Å². The zero-order chi connectivity index (χ0) is 17.3. The zero-order valence-corrected chi connectivity index (χ0v) is 14.7. The number of pyridine rings is 3. The van der Waals surface area contributed by atoms with Gasteiger partial charge in [-0.25, -0.2) is 4.98 Å². The second-order valence-corrected chi connectivity index (χ2v) is 6.27. The van der Waals surface area contributed by atoms with Crippen LogP contribution in [0.25, 0.3) is 22.0 Å². The lowest BCUT2D eigenvalue weighted by Gasteiger charge is -2.10. The molecule has 4 nitrogen and oxygen atoms in total. The Kier molecular flexibility index (Phi) is 4.58. The molecule has 5 heteroatoms. The van der Waals surface area contributed by atoms with Crippen LogP contribution in [0.15, 0.2) is 30.6 Å². The number of rotatable bonds is 4. The molecule has 0 atom stereocenters. The van der Waals surface area contributed by atoms with Gasteiger partial charge in [0.15, 0.2) is 5.78 Å². The van der Waals surface area contributed by atoms with Crippen LogP contribution in [0.2, 0.25) is 5.15 Å². The van der Waals surface area contributed by atoms with E-state index in [0.717, 1.165) is 39.7 Å². The summed E-state index contributed by atoms with van der Waals surface area (Å²) in [5.74, 6) is 0.0774. The molecule has 24 heavy (non-hydrogen) atoms. The average molecular weight is 340 g/mol. The fourth-order valence-corrected chi connectivity index (χ4v) is 2.92. The summed E-state index contributed by atoms with van der Waals surface area (Å²) in [5.41, 5.74) is 4.13. The normalized spacial score (nSPS) is 11.0. The van der Waals surface area contributed by atoms with Crippen LogP contribution in [0.1, 0.15) is 41.5 Å². The number of carbonyl (C=O) groups is 1. The Morgan fingerprint density at radius 1 is 1.12 bits per heavy atom. The van der Waals surface area contributed by atoms with Gasteiger partial charge in [-0.2, -0.15) is 0 Å². The van der Waals surface area contributed by atoms with Crippen molar-refractivity contribution in [1.29, 1.82) is 0 Å². The Morgan fingerprint density at radius 2 is 1.92 bits per heavy atom. The molecular formula is C19H18ClN3O. The summed E-state index contributed by atoms with van der Waals surface area (Å²) in [5, 5.41) is 2.42. The molecule has 0 unspecified atom stereocenters. The second-order valence-electron chi connectivity index (χ2n) is 5.88. The molecule has 3 aromatic heterocycles. The monoisotopic (exact) mass is 339 g/mol. The number of aromatic nitrogens is 3. The van der Waals surface area contributed by atoms with E-state index in [2.05, 4.69) is 15.0 Å². The van der Waals surface area contributed by atoms with Gasteiger partial charge in [0.1, 0.15) is 10.8 Å². The van der Waals surface area contributed by atoms with Gasteiger partial charge in [-0.15, -0.1) is 0 Å². The van der Waals surface area contributed by atoms with Crippen molar-refractivity contribution in [3.8, 4) is 11.3 Å². The molecule has 0 aromatic carbocycles. The third-order valence-corrected chi connectivity index (χ3v) is 4.23. The molecule has 0 amide bonds. The summed E-state index contributed by atoms with van der Waals surface area (Å²) in [7, 11) is 0. The Labute approximate surface area is 145 Å². The standard InChI is InChI=1S/C19H18ClN3O/c1-4-5-18(24)17-6-11(2)15(10-21-17)16-7-13-9-22-19(20)8-14(13)12(3)23-16/h6-10H,4-5H2,1-3H3. The van der Waals surface area contributed by atoms with Crippen LogP contribution in [0, 0.1) is 13.8 Å². The fourth-order valence-electron chi connectivity index (χ4n) is 2.76. The summed E-state index contributed by atoms with van der Waals surface area (Å²) in [4.78, 5) is 25.2. The first-order chi connectivity index (χ1) is 11.5. The van der Waals surface area contributed by atoms with Crippen molar-refractivity contribution in [3.05, 3.63) is 52.7 Å². The highest BCUT2D eigenvalue weighted by molar-refractivity contribution is 6.30. The van der Waals surface area contributed by atoms with Crippen molar-refractivity contribution in [2.45, 2.75) is 33.6 Å². The minimum absolute atomic E-state index is 0.0774. The van der Waals surface area contributed by atoms with Crippen LogP contribution in [0.5, 0.6) is 0 Å². The van der Waals surface area contributed by atoms with Crippen molar-refractivity contribution in [3.63, 3.8) is 0 Å². The maximum atomic E-state index is 12.0. The SMILES string of the molecule is CCCC(=O)c1cc(C)c(-c2cc3cnc(Cl)cc3c(C)n2)cn1. The molecule has 0 spiro atoms. The lowest BCUT2D eigenvalue weighted by atomic mass is 10.0. The van der Waals surface area contributed by atoms with E-state index in [-0.39, 0.29) is 5.78 Å². The topological polar surface area (TPSA) is 55.7 Å². The van der Waals surface area contributed by atoms with Gasteiger partial charge in [-0.3, -0.25) is 14.8 Å². The first-order valence-electron chi connectivity index (χ1n) is 7.92. The predicted octanol–water partition coefficient (Wildman–Crippen LogP) is 4.94. The summed E-state index contributed by atoms with van der Waals surface area (Å²) < 4.78 is 0. The molecule has 0 N–H and O–H groups in total. The molecule has 0 aliphatic rings. The highest BCUT2D eigenvalue weighted by Gasteiger charge is 2.12. The maximum absolute atomic E-state index is 12.0. The van der Waals surface area contributed by atoms with Crippen LogP contribution in [-0.4, -0.2) is 20.7 Å². The number of Topliss-reactive ketones (excluding diaryl/α,β-unsaturated/α-hetero) is 1. The lowest BCUT2D eigenvalue weighted by molar-refractivity contribution is 0.0977. The molecule has 0 saturated heterocycles. The number of fused-ring (bicyclic) bond motifs is 1. The number of hydrogen-bond donors (Lipinski definition) is 0. The predicted molar refractivity (Wildman–Crippen MR) is 96.5 cm³/mol. The Bertz CT molecular complexity index is 937. The molecule has 0 aliphatic heterocycles. The van der Waals surface area contributed by atoms with E-state index in [1.165, 1.54) is 0 Å². The van der Waals surface area contributed by atoms with Gasteiger partial charge >= 0.3 is 0 Å². The van der Waals surface area contributed by atoms with Gasteiger partial charge in [-0.1, -0.05) is 18.5 Å². The van der Waals surface area contributed by atoms with Crippen molar-refractivity contribution >= 4 is 28.2 Å². The molecule has 0 bridgehead atoms. The summed E-state index contributed by atoms with van der Waals surface area (Å²) in [6, 6.07) is 5.64. The summed E-state index contributed by atoms with van der Waals surface area (Å²) >= 11 is 5.96. The molecule has 3 aromatic rings. The quantitative estimate of drug-likeness (QED) is 0.498. The van der Waals surface area contributed by atoms with Crippen LogP contribution in [0.3, 0.4) is 0 Å². The molecule has 3 heterocycles. The van der Waals surface area contributed by atoms with Crippen LogP contribution < -0.4 is 0 Å². The van der Waals surface area contributed by atoms with E-state index < -0.39 is 0 Å². The molecular weight excluding hydrogens is 322 g/mol. The van der Waals surface area contributed by atoms with Crippen molar-refractivity contribution in [2.24, 2.45) is 0 Å². The van der Waals surface area contributed by atoms with E-state index in [1.54, 1.807) is 12.4 Å². The third-order valence-electron chi connectivity index (χ3n) is 4.02. The van der Waals surface area contributed by atoms with Gasteiger partial charge in [-0.05, 0) is 44.0 Å². The Hall–Kier alpha value is -2.33. The van der Waals surface area contributed by atoms with Gasteiger partial charge < -0.3 is 0 Å². The molecule has 0 aliphatic carbocycles. The minimum Gasteiger partial charge on any atom is -0.292 e. The Morgan fingerprint density at radius 3 is 2.62 bits per heavy atom. The molecule has 122 valence electrons. The van der Waals surface area contributed by atoms with Crippen molar-refractivity contribution in [2.75, 3.05) is 0 Å². The van der Waals surface area contributed by atoms with Crippen molar-refractivity contribution in [1.82, 2.24) is 15.0 Å². The first-order valence-corrected chi connectivity index (χ1v) is 8.30. The number of nitrogens with zero attached hydrogens (tertiary/aromatic N) is 3. The zero-order valence-electron chi connectivity index (χ0n) is 13.9. The molecule has 0 saturated carbocycles. The second kappa shape index (κ2) is 6.65. The largest absolute Gasteiger partial charge is 0.292 e. The van der Waals surface area contributed by atoms with Crippen LogP contribution in [-0.2, 0) is 0 Å². The van der Waals surface area contributed by atoms with E-state index in [1.807, 2.05) is 39.0 Å². The highest BCUT2D eigenvalue weighted by Crippen LogP contribution is 2.27. The Balaban J connectivity index is 2.07.